The second-order valence-electron chi connectivity index (χ2n) is 4.54. The lowest BCUT2D eigenvalue weighted by molar-refractivity contribution is -0.115. The van der Waals surface area contributed by atoms with E-state index in [-0.39, 0.29) is 11.4 Å². The Balaban J connectivity index is 2.32. The molecule has 0 unspecified atom stereocenters. The zero-order valence-corrected chi connectivity index (χ0v) is 13.0. The van der Waals surface area contributed by atoms with Crippen molar-refractivity contribution in [2.24, 2.45) is 0 Å². The van der Waals surface area contributed by atoms with Crippen LogP contribution in [0.2, 0.25) is 0 Å². The molecule has 2 N–H and O–H groups in total. The summed E-state index contributed by atoms with van der Waals surface area (Å²) in [5.41, 5.74) is -0.0159. The van der Waals surface area contributed by atoms with Gasteiger partial charge in [-0.2, -0.15) is 13.2 Å². The Morgan fingerprint density at radius 3 is 2.82 bits per heavy atom. The van der Waals surface area contributed by atoms with Crippen LogP contribution < -0.4 is 10.9 Å². The summed E-state index contributed by atoms with van der Waals surface area (Å²) in [4.78, 5) is 22.8. The van der Waals surface area contributed by atoms with Crippen molar-refractivity contribution in [2.45, 2.75) is 6.18 Å². The average Bonchev–Trinajstić information content (AvgIpc) is 2.47. The number of hydrogen-bond donors (Lipinski definition) is 2. The largest absolute Gasteiger partial charge is 0.405 e. The van der Waals surface area contributed by atoms with E-state index in [1.165, 1.54) is 24.7 Å². The molecular weight excluding hydrogens is 412 g/mol. The fraction of sp³-hybridized carbons (Fsp3) is 0.154. The summed E-state index contributed by atoms with van der Waals surface area (Å²) in [6.45, 7) is -1.21. The van der Waals surface area contributed by atoms with Gasteiger partial charge >= 0.3 is 6.18 Å². The molecule has 114 valence electrons. The van der Waals surface area contributed by atoms with Crippen molar-refractivity contribution < 1.29 is 13.2 Å². The van der Waals surface area contributed by atoms with Gasteiger partial charge in [0.25, 0.3) is 5.56 Å². The first kappa shape index (κ1) is 15.0. The van der Waals surface area contributed by atoms with Crippen molar-refractivity contribution >= 4 is 50.1 Å². The summed E-state index contributed by atoms with van der Waals surface area (Å²) in [7, 11) is 0. The molecule has 3 aromatic rings. The van der Waals surface area contributed by atoms with Gasteiger partial charge in [0.1, 0.15) is 12.4 Å². The van der Waals surface area contributed by atoms with Gasteiger partial charge < -0.3 is 10.3 Å². The van der Waals surface area contributed by atoms with E-state index in [2.05, 4.69) is 20.3 Å². The van der Waals surface area contributed by atoms with Gasteiger partial charge in [0.15, 0.2) is 0 Å². The summed E-state index contributed by atoms with van der Waals surface area (Å²) in [5, 5.41) is 3.47. The first-order valence-corrected chi connectivity index (χ1v) is 7.20. The second-order valence-corrected chi connectivity index (χ2v) is 5.70. The molecule has 0 aliphatic rings. The highest BCUT2D eigenvalue weighted by Crippen LogP contribution is 2.29. The number of pyridine rings is 3. The molecule has 0 aliphatic carbocycles. The van der Waals surface area contributed by atoms with Gasteiger partial charge in [-0.05, 0) is 28.7 Å². The number of H-pyrrole nitrogens is 1. The van der Waals surface area contributed by atoms with E-state index in [9.17, 15) is 18.0 Å². The van der Waals surface area contributed by atoms with Crippen molar-refractivity contribution in [3.05, 3.63) is 38.6 Å². The van der Waals surface area contributed by atoms with Crippen LogP contribution in [-0.2, 0) is 0 Å². The van der Waals surface area contributed by atoms with Crippen molar-refractivity contribution in [3.8, 4) is 0 Å². The number of alkyl halides is 3. The van der Waals surface area contributed by atoms with Gasteiger partial charge in [-0.25, -0.2) is 4.98 Å². The molecule has 5 nitrogen and oxygen atoms in total. The predicted octanol–water partition coefficient (Wildman–Crippen LogP) is 3.05. The number of fused-ring (bicyclic) bond motifs is 3. The van der Waals surface area contributed by atoms with E-state index in [4.69, 9.17) is 0 Å². The molecule has 0 atom stereocenters. The molecule has 0 aliphatic heterocycles. The Hall–Kier alpha value is -1.91. The number of hydrogen-bond acceptors (Lipinski definition) is 4. The molecule has 3 rings (SSSR count). The van der Waals surface area contributed by atoms with Crippen LogP contribution in [0.15, 0.2) is 29.5 Å². The summed E-state index contributed by atoms with van der Waals surface area (Å²) >= 11 is 1.97. The number of aromatic amines is 1. The van der Waals surface area contributed by atoms with E-state index >= 15 is 0 Å². The number of aromatic nitrogens is 3. The number of rotatable bonds is 2. The quantitative estimate of drug-likeness (QED) is 0.494. The van der Waals surface area contributed by atoms with Crippen molar-refractivity contribution in [3.63, 3.8) is 0 Å². The molecule has 0 saturated heterocycles. The first-order chi connectivity index (χ1) is 10.4. The third kappa shape index (κ3) is 2.72. The number of halogens is 4. The van der Waals surface area contributed by atoms with Crippen LogP contribution in [0.3, 0.4) is 0 Å². The van der Waals surface area contributed by atoms with Crippen LogP contribution in [0.25, 0.3) is 21.7 Å². The molecule has 3 heterocycles. The fourth-order valence-electron chi connectivity index (χ4n) is 2.15. The second kappa shape index (κ2) is 5.38. The van der Waals surface area contributed by atoms with Gasteiger partial charge in [0.05, 0.1) is 14.5 Å². The number of anilines is 1. The lowest BCUT2D eigenvalue weighted by Crippen LogP contribution is -2.22. The van der Waals surface area contributed by atoms with Gasteiger partial charge in [-0.3, -0.25) is 9.78 Å². The third-order valence-corrected chi connectivity index (χ3v) is 3.87. The van der Waals surface area contributed by atoms with Gasteiger partial charge in [0, 0.05) is 29.4 Å². The molecule has 0 aromatic carbocycles. The maximum absolute atomic E-state index is 12.4. The van der Waals surface area contributed by atoms with Crippen LogP contribution in [0.1, 0.15) is 0 Å². The van der Waals surface area contributed by atoms with Crippen LogP contribution in [0.4, 0.5) is 19.0 Å². The lowest BCUT2D eigenvalue weighted by Gasteiger charge is -2.13. The standard InChI is InChI=1S/C13H8F3IN4O/c14-13(15,16)5-20-11-6-1-2-18-3-7(6)9-10(21-11)8(17)4-19-12(9)22/h1-4H,5H2,(H,19,22)(H,20,21). The molecular formula is C13H8F3IN4O. The summed E-state index contributed by atoms with van der Waals surface area (Å²) in [6, 6.07) is 1.53. The molecule has 0 radical (unpaired) electrons. The van der Waals surface area contributed by atoms with Gasteiger partial charge in [-0.1, -0.05) is 0 Å². The predicted molar refractivity (Wildman–Crippen MR) is 84.9 cm³/mol. The van der Waals surface area contributed by atoms with E-state index in [1.807, 2.05) is 22.6 Å². The molecule has 9 heteroatoms. The summed E-state index contributed by atoms with van der Waals surface area (Å²) < 4.78 is 38.0. The van der Waals surface area contributed by atoms with Crippen molar-refractivity contribution in [1.29, 1.82) is 0 Å². The minimum Gasteiger partial charge on any atom is -0.361 e. The highest BCUT2D eigenvalue weighted by atomic mass is 127. The highest BCUT2D eigenvalue weighted by molar-refractivity contribution is 14.1. The Kier molecular flexibility index (Phi) is 3.67. The summed E-state index contributed by atoms with van der Waals surface area (Å²) in [6.07, 6.45) is -0.00851. The van der Waals surface area contributed by atoms with Crippen molar-refractivity contribution in [1.82, 2.24) is 15.0 Å². The normalized spacial score (nSPS) is 12.0. The Bertz CT molecular complexity index is 923. The highest BCUT2D eigenvalue weighted by Gasteiger charge is 2.27. The van der Waals surface area contributed by atoms with E-state index in [0.717, 1.165) is 0 Å². The molecule has 0 amide bonds. The Morgan fingerprint density at radius 1 is 1.32 bits per heavy atom. The Morgan fingerprint density at radius 2 is 2.09 bits per heavy atom. The fourth-order valence-corrected chi connectivity index (χ4v) is 2.69. The minimum absolute atomic E-state index is 0.0748. The van der Waals surface area contributed by atoms with Gasteiger partial charge in [-0.15, -0.1) is 0 Å². The van der Waals surface area contributed by atoms with Crippen LogP contribution in [0, 0.1) is 3.57 Å². The van der Waals surface area contributed by atoms with E-state index in [0.29, 0.717) is 25.2 Å². The molecule has 0 fully saturated rings. The van der Waals surface area contributed by atoms with Crippen LogP contribution >= 0.6 is 22.6 Å². The van der Waals surface area contributed by atoms with Crippen LogP contribution in [0.5, 0.6) is 0 Å². The zero-order valence-electron chi connectivity index (χ0n) is 10.8. The van der Waals surface area contributed by atoms with E-state index < -0.39 is 12.7 Å². The molecule has 0 spiro atoms. The molecule has 0 saturated carbocycles. The Labute approximate surface area is 135 Å². The minimum atomic E-state index is -4.36. The molecule has 22 heavy (non-hydrogen) atoms. The van der Waals surface area contributed by atoms with Crippen LogP contribution in [-0.4, -0.2) is 27.7 Å². The molecule has 0 bridgehead atoms. The molecule has 3 aromatic heterocycles. The monoisotopic (exact) mass is 420 g/mol. The average molecular weight is 420 g/mol. The lowest BCUT2D eigenvalue weighted by atomic mass is 10.1. The van der Waals surface area contributed by atoms with Gasteiger partial charge in [0.2, 0.25) is 0 Å². The number of nitrogens with one attached hydrogen (secondary N) is 2. The maximum atomic E-state index is 12.4. The topological polar surface area (TPSA) is 70.7 Å². The summed E-state index contributed by atoms with van der Waals surface area (Å²) in [5.74, 6) is 0.0748. The van der Waals surface area contributed by atoms with E-state index in [1.54, 1.807) is 0 Å². The third-order valence-electron chi connectivity index (χ3n) is 3.05. The first-order valence-electron chi connectivity index (χ1n) is 6.12. The SMILES string of the molecule is O=c1[nH]cc(I)c2nc(NCC(F)(F)F)c3ccncc3c12. The smallest absolute Gasteiger partial charge is 0.361 e. The van der Waals surface area contributed by atoms with Crippen molar-refractivity contribution in [2.75, 3.05) is 11.9 Å². The zero-order chi connectivity index (χ0) is 15.9. The number of nitrogens with zero attached hydrogens (tertiary/aromatic N) is 2. The maximum Gasteiger partial charge on any atom is 0.405 e.